The number of esters is 1. The van der Waals surface area contributed by atoms with Gasteiger partial charge in [0.25, 0.3) is 0 Å². The molecule has 2 rings (SSSR count). The van der Waals surface area contributed by atoms with Crippen LogP contribution in [0.3, 0.4) is 0 Å². The quantitative estimate of drug-likeness (QED) is 0.562. The Bertz CT molecular complexity index is 668. The van der Waals surface area contributed by atoms with Crippen molar-refractivity contribution in [2.45, 2.75) is 0 Å². The van der Waals surface area contributed by atoms with Crippen molar-refractivity contribution in [1.82, 2.24) is 0 Å². The van der Waals surface area contributed by atoms with Crippen molar-refractivity contribution in [3.8, 4) is 5.75 Å². The first-order chi connectivity index (χ1) is 11.7. The largest absolute Gasteiger partial charge is 0.490 e. The second kappa shape index (κ2) is 9.32. The van der Waals surface area contributed by atoms with Crippen LogP contribution in [0, 0.1) is 0 Å². The van der Waals surface area contributed by atoms with E-state index in [0.29, 0.717) is 11.3 Å². The molecule has 0 unspecified atom stereocenters. The fourth-order valence-corrected chi connectivity index (χ4v) is 1.93. The van der Waals surface area contributed by atoms with Crippen LogP contribution in [0.2, 0.25) is 0 Å². The minimum absolute atomic E-state index is 0.106. The molecular formula is C18H18O6. The van der Waals surface area contributed by atoms with Crippen molar-refractivity contribution < 1.29 is 28.9 Å². The summed E-state index contributed by atoms with van der Waals surface area (Å²) in [7, 11) is 0. The number of benzene rings is 2. The molecule has 0 saturated heterocycles. The molecule has 1 N–H and O–H groups in total. The Morgan fingerprint density at radius 3 is 2.25 bits per heavy atom. The van der Waals surface area contributed by atoms with Gasteiger partial charge in [0.05, 0.1) is 18.8 Å². The predicted octanol–water partition coefficient (Wildman–Crippen LogP) is 2.64. The second-order valence-corrected chi connectivity index (χ2v) is 4.76. The van der Waals surface area contributed by atoms with Crippen LogP contribution < -0.4 is 4.74 Å². The summed E-state index contributed by atoms with van der Waals surface area (Å²) < 4.78 is 15.7. The first-order valence-corrected chi connectivity index (χ1v) is 7.43. The van der Waals surface area contributed by atoms with Crippen molar-refractivity contribution in [1.29, 1.82) is 0 Å². The van der Waals surface area contributed by atoms with E-state index in [1.54, 1.807) is 42.5 Å². The molecule has 0 aromatic heterocycles. The van der Waals surface area contributed by atoms with E-state index in [1.807, 2.05) is 6.07 Å². The minimum atomic E-state index is -1.04. The van der Waals surface area contributed by atoms with Gasteiger partial charge in [-0.05, 0) is 24.3 Å². The number of hydrogen-bond donors (Lipinski definition) is 1. The Morgan fingerprint density at radius 1 is 0.833 bits per heavy atom. The summed E-state index contributed by atoms with van der Waals surface area (Å²) >= 11 is 0. The monoisotopic (exact) mass is 330 g/mol. The van der Waals surface area contributed by atoms with Gasteiger partial charge in [-0.3, -0.25) is 0 Å². The van der Waals surface area contributed by atoms with Crippen molar-refractivity contribution >= 4 is 11.9 Å². The zero-order valence-corrected chi connectivity index (χ0v) is 13.0. The van der Waals surface area contributed by atoms with E-state index in [-0.39, 0.29) is 32.0 Å². The summed E-state index contributed by atoms with van der Waals surface area (Å²) in [6.07, 6.45) is 0. The molecule has 0 atom stereocenters. The molecule has 0 aliphatic heterocycles. The van der Waals surface area contributed by atoms with E-state index in [2.05, 4.69) is 0 Å². The lowest BCUT2D eigenvalue weighted by molar-refractivity contribution is 0.0272. The average molecular weight is 330 g/mol. The molecule has 0 saturated carbocycles. The summed E-state index contributed by atoms with van der Waals surface area (Å²) in [5.74, 6) is -1.14. The molecule has 6 nitrogen and oxygen atoms in total. The van der Waals surface area contributed by atoms with Crippen LogP contribution in [-0.4, -0.2) is 43.5 Å². The highest BCUT2D eigenvalue weighted by Gasteiger charge is 2.09. The highest BCUT2D eigenvalue weighted by Crippen LogP contribution is 2.17. The van der Waals surface area contributed by atoms with Crippen molar-refractivity contribution in [2.75, 3.05) is 26.4 Å². The van der Waals surface area contributed by atoms with E-state index in [4.69, 9.17) is 19.3 Å². The van der Waals surface area contributed by atoms with Gasteiger partial charge in [0.1, 0.15) is 24.5 Å². The summed E-state index contributed by atoms with van der Waals surface area (Å²) in [4.78, 5) is 22.7. The summed E-state index contributed by atoms with van der Waals surface area (Å²) in [6, 6.07) is 15.1. The molecule has 2 aromatic carbocycles. The van der Waals surface area contributed by atoms with Crippen molar-refractivity contribution in [3.63, 3.8) is 0 Å². The molecule has 0 heterocycles. The first-order valence-electron chi connectivity index (χ1n) is 7.43. The van der Waals surface area contributed by atoms with E-state index in [1.165, 1.54) is 6.07 Å². The lowest BCUT2D eigenvalue weighted by atomic mass is 10.2. The molecule has 0 fully saturated rings. The maximum absolute atomic E-state index is 11.7. The van der Waals surface area contributed by atoms with E-state index >= 15 is 0 Å². The molecule has 0 radical (unpaired) electrons. The lowest BCUT2D eigenvalue weighted by Crippen LogP contribution is -2.14. The fraction of sp³-hybridized carbons (Fsp3) is 0.222. The Labute approximate surface area is 139 Å². The summed E-state index contributed by atoms with van der Waals surface area (Å²) in [5.41, 5.74) is 0.598. The zero-order valence-electron chi connectivity index (χ0n) is 13.0. The first kappa shape index (κ1) is 17.5. The van der Waals surface area contributed by atoms with Gasteiger partial charge in [0.2, 0.25) is 0 Å². The Balaban J connectivity index is 1.61. The fourth-order valence-electron chi connectivity index (χ4n) is 1.93. The van der Waals surface area contributed by atoms with Gasteiger partial charge >= 0.3 is 11.9 Å². The smallest absolute Gasteiger partial charge is 0.339 e. The van der Waals surface area contributed by atoms with Crippen LogP contribution in [-0.2, 0) is 9.47 Å². The van der Waals surface area contributed by atoms with Crippen molar-refractivity contribution in [3.05, 3.63) is 65.7 Å². The topological polar surface area (TPSA) is 82.1 Å². The van der Waals surface area contributed by atoms with Crippen LogP contribution in [0.5, 0.6) is 5.75 Å². The number of carboxylic acid groups (broad SMARTS) is 1. The Kier molecular flexibility index (Phi) is 6.79. The summed E-state index contributed by atoms with van der Waals surface area (Å²) in [5, 5.41) is 9.02. The third kappa shape index (κ3) is 5.40. The molecule has 126 valence electrons. The molecule has 24 heavy (non-hydrogen) atoms. The second-order valence-electron chi connectivity index (χ2n) is 4.76. The normalized spacial score (nSPS) is 10.2. The molecule has 2 aromatic rings. The van der Waals surface area contributed by atoms with E-state index < -0.39 is 11.9 Å². The molecule has 0 spiro atoms. The molecule has 0 bridgehead atoms. The maximum Gasteiger partial charge on any atom is 0.339 e. The molecule has 0 aliphatic rings. The Morgan fingerprint density at radius 2 is 1.50 bits per heavy atom. The average Bonchev–Trinajstić information content (AvgIpc) is 2.61. The number of hydrogen-bond acceptors (Lipinski definition) is 5. The number of ether oxygens (including phenoxy) is 3. The van der Waals surface area contributed by atoms with Crippen LogP contribution >= 0.6 is 0 Å². The van der Waals surface area contributed by atoms with Gasteiger partial charge in [0.15, 0.2) is 0 Å². The molecular weight excluding hydrogens is 312 g/mol. The van der Waals surface area contributed by atoms with Crippen LogP contribution in [0.25, 0.3) is 0 Å². The zero-order chi connectivity index (χ0) is 17.2. The highest BCUT2D eigenvalue weighted by atomic mass is 16.6. The van der Waals surface area contributed by atoms with Gasteiger partial charge in [-0.25, -0.2) is 9.59 Å². The van der Waals surface area contributed by atoms with Crippen molar-refractivity contribution in [2.24, 2.45) is 0 Å². The minimum Gasteiger partial charge on any atom is -0.490 e. The molecule has 0 amide bonds. The number of carbonyl (C=O) groups is 2. The number of para-hydroxylation sites is 1. The van der Waals surface area contributed by atoms with Gasteiger partial charge in [0, 0.05) is 0 Å². The number of aromatic carboxylic acids is 1. The van der Waals surface area contributed by atoms with Crippen LogP contribution in [0.1, 0.15) is 20.7 Å². The maximum atomic E-state index is 11.7. The summed E-state index contributed by atoms with van der Waals surface area (Å²) in [6.45, 7) is 0.843. The Hall–Kier alpha value is -2.86. The van der Waals surface area contributed by atoms with E-state index in [9.17, 15) is 9.59 Å². The number of carboxylic acids is 1. The number of carbonyl (C=O) groups excluding carboxylic acids is 1. The van der Waals surface area contributed by atoms with Gasteiger partial charge in [-0.2, -0.15) is 0 Å². The SMILES string of the molecule is O=C(OCCOCCOc1ccccc1C(=O)O)c1ccccc1. The van der Waals surface area contributed by atoms with Crippen LogP contribution in [0.4, 0.5) is 0 Å². The standard InChI is InChI=1S/C18H18O6/c19-17(20)15-8-4-5-9-16(15)23-12-10-22-11-13-24-18(21)14-6-2-1-3-7-14/h1-9H,10-13H2,(H,19,20). The third-order valence-electron chi connectivity index (χ3n) is 3.07. The number of rotatable bonds is 9. The van der Waals surface area contributed by atoms with Gasteiger partial charge in [-0.1, -0.05) is 30.3 Å². The molecule has 0 aliphatic carbocycles. The van der Waals surface area contributed by atoms with Gasteiger partial charge < -0.3 is 19.3 Å². The molecule has 6 heteroatoms. The van der Waals surface area contributed by atoms with Gasteiger partial charge in [-0.15, -0.1) is 0 Å². The van der Waals surface area contributed by atoms with Crippen LogP contribution in [0.15, 0.2) is 54.6 Å². The predicted molar refractivity (Wildman–Crippen MR) is 86.4 cm³/mol. The third-order valence-corrected chi connectivity index (χ3v) is 3.07. The van der Waals surface area contributed by atoms with E-state index in [0.717, 1.165) is 0 Å². The highest BCUT2D eigenvalue weighted by molar-refractivity contribution is 5.90. The lowest BCUT2D eigenvalue weighted by Gasteiger charge is -2.09.